The number of carboxylic acid groups (broad SMARTS) is 2. The summed E-state index contributed by atoms with van der Waals surface area (Å²) < 4.78 is 6.35. The van der Waals surface area contributed by atoms with E-state index in [4.69, 9.17) is 15.6 Å². The van der Waals surface area contributed by atoms with Gasteiger partial charge in [-0.3, -0.25) is 25.1 Å². The van der Waals surface area contributed by atoms with Crippen LogP contribution in [0.25, 0.3) is 0 Å². The lowest BCUT2D eigenvalue weighted by atomic mass is 9.60. The Bertz CT molecular complexity index is 1620. The van der Waals surface area contributed by atoms with Crippen LogP contribution in [0, 0.1) is 29.1 Å². The average molecular weight is 741 g/mol. The van der Waals surface area contributed by atoms with Crippen molar-refractivity contribution in [1.29, 1.82) is 0 Å². The molecule has 2 bridgehead atoms. The third-order valence-electron chi connectivity index (χ3n) is 11.9. The number of nitrogens with two attached hydrogens (primary N) is 1. The molecular weight excluding hydrogens is 692 g/mol. The Hall–Kier alpha value is -3.79. The van der Waals surface area contributed by atoms with Crippen molar-refractivity contribution in [2.24, 2.45) is 34.8 Å². The van der Waals surface area contributed by atoms with Gasteiger partial charge < -0.3 is 35.8 Å². The second-order valence-electron chi connectivity index (χ2n) is 15.2. The van der Waals surface area contributed by atoms with E-state index in [1.165, 1.54) is 17.3 Å². The number of nitrogens with one attached hydrogen (secondary N) is 2. The van der Waals surface area contributed by atoms with Gasteiger partial charge in [-0.1, -0.05) is 37.3 Å². The SMILES string of the molecule is N[C@@](O)(CCC(=O)N[C@@H](CS[C@H]1C2=C3C(CC(Cc4ccncc4)=C[C@@H]3C(=O)O2)CC2CCC(CC2)C12CCCC2)C(=O)N[C@@H](O)C(=O)O)C(=O)O. The number of thioether (sulfide) groups is 1. The van der Waals surface area contributed by atoms with Crippen LogP contribution in [0.3, 0.4) is 0 Å². The molecule has 5 aliphatic carbocycles. The summed E-state index contributed by atoms with van der Waals surface area (Å²) in [6.07, 6.45) is 12.8. The van der Waals surface area contributed by atoms with E-state index >= 15 is 0 Å². The molecule has 2 fully saturated rings. The fourth-order valence-electron chi connectivity index (χ4n) is 9.31. The Labute approximate surface area is 306 Å². The minimum Gasteiger partial charge on any atom is -0.478 e. The normalized spacial score (nSPS) is 28.6. The number of esters is 1. The van der Waals surface area contributed by atoms with Gasteiger partial charge in [0, 0.05) is 31.0 Å². The second-order valence-corrected chi connectivity index (χ2v) is 16.3. The molecule has 15 heteroatoms. The lowest BCUT2D eigenvalue weighted by Gasteiger charge is -2.48. The molecular formula is C37H48N4O10S. The number of ether oxygens (including phenoxy) is 1. The van der Waals surface area contributed by atoms with E-state index in [1.807, 2.05) is 17.4 Å². The van der Waals surface area contributed by atoms with E-state index in [-0.39, 0.29) is 28.3 Å². The number of carboxylic acids is 2. The number of aromatic nitrogens is 1. The number of amides is 2. The number of carbonyl (C=O) groups is 5. The highest BCUT2D eigenvalue weighted by Gasteiger charge is 2.55. The first-order valence-corrected chi connectivity index (χ1v) is 19.2. The molecule has 1 aromatic heterocycles. The van der Waals surface area contributed by atoms with Gasteiger partial charge >= 0.3 is 17.9 Å². The van der Waals surface area contributed by atoms with Gasteiger partial charge in [-0.25, -0.2) is 9.59 Å². The van der Waals surface area contributed by atoms with E-state index in [9.17, 15) is 39.3 Å². The molecule has 0 saturated heterocycles. The summed E-state index contributed by atoms with van der Waals surface area (Å²) in [7, 11) is 0. The first kappa shape index (κ1) is 38.0. The molecule has 2 saturated carbocycles. The van der Waals surface area contributed by atoms with Crippen molar-refractivity contribution in [2.45, 2.75) is 107 Å². The standard InChI is InChI=1S/C37H48N4O10S/c38-37(50,35(48)49)12-7-27(42)40-26(31(43)41-32(44)33(45)46)19-52-30-29-28-23(16-20-3-5-24(6-4-20)36(30)10-1-2-11-36)17-22(18-25(28)34(47)51-29)15-21-8-13-39-14-9-21/h8-9,13-14,18,20,23-26,30,32,44,50H,1-7,10-12,15-17,19,38H2,(H,40,42)(H,41,43)(H,45,46)(H,48,49)/t20?,23?,24?,25-,26-,30-,32-,37+/m0/s1. The minimum atomic E-state index is -2.67. The number of hydrogen-bond acceptors (Lipinski definition) is 11. The zero-order valence-electron chi connectivity index (χ0n) is 29.0. The van der Waals surface area contributed by atoms with E-state index < -0.39 is 60.5 Å². The molecule has 2 amide bonds. The highest BCUT2D eigenvalue weighted by molar-refractivity contribution is 8.00. The molecule has 14 nitrogen and oxygen atoms in total. The van der Waals surface area contributed by atoms with Gasteiger partial charge in [0.1, 0.15) is 17.7 Å². The Kier molecular flexibility index (Phi) is 11.4. The third kappa shape index (κ3) is 8.07. The van der Waals surface area contributed by atoms with Crippen LogP contribution in [0.15, 0.2) is 47.5 Å². The molecule has 1 aliphatic heterocycles. The fraction of sp³-hybridized carbons (Fsp3) is 0.622. The van der Waals surface area contributed by atoms with Crippen LogP contribution in [0.1, 0.15) is 82.6 Å². The summed E-state index contributed by atoms with van der Waals surface area (Å²) in [5.74, 6) is -4.40. The third-order valence-corrected chi connectivity index (χ3v) is 13.4. The van der Waals surface area contributed by atoms with Crippen molar-refractivity contribution in [2.75, 3.05) is 5.75 Å². The molecule has 7 rings (SSSR count). The van der Waals surface area contributed by atoms with Crippen LogP contribution in [0.4, 0.5) is 0 Å². The van der Waals surface area contributed by atoms with Gasteiger partial charge in [0.2, 0.25) is 23.8 Å². The van der Waals surface area contributed by atoms with Gasteiger partial charge in [-0.15, -0.1) is 11.8 Å². The number of hydrogen-bond donors (Lipinski definition) is 7. The van der Waals surface area contributed by atoms with Gasteiger partial charge in [-0.2, -0.15) is 0 Å². The van der Waals surface area contributed by atoms with Crippen LogP contribution in [-0.4, -0.2) is 84.1 Å². The highest BCUT2D eigenvalue weighted by Crippen LogP contribution is 2.61. The van der Waals surface area contributed by atoms with Gasteiger partial charge in [0.05, 0.1) is 5.25 Å². The van der Waals surface area contributed by atoms with E-state index in [0.717, 1.165) is 75.3 Å². The maximum absolute atomic E-state index is 13.8. The van der Waals surface area contributed by atoms with Gasteiger partial charge in [0.15, 0.2) is 0 Å². The molecule has 6 atom stereocenters. The van der Waals surface area contributed by atoms with E-state index in [1.54, 1.807) is 12.4 Å². The summed E-state index contributed by atoms with van der Waals surface area (Å²) in [5.41, 5.74) is 5.81. The summed E-state index contributed by atoms with van der Waals surface area (Å²) >= 11 is 1.40. The van der Waals surface area contributed by atoms with Gasteiger partial charge in [0.25, 0.3) is 0 Å². The van der Waals surface area contributed by atoms with Crippen LogP contribution in [-0.2, 0) is 35.1 Å². The first-order valence-electron chi connectivity index (χ1n) is 18.2. The van der Waals surface area contributed by atoms with Crippen LogP contribution in [0.2, 0.25) is 0 Å². The predicted molar refractivity (Wildman–Crippen MR) is 188 cm³/mol. The average Bonchev–Trinajstić information content (AvgIpc) is 3.73. The number of carbonyl (C=O) groups excluding carboxylic acids is 3. The van der Waals surface area contributed by atoms with Crippen LogP contribution >= 0.6 is 11.8 Å². The van der Waals surface area contributed by atoms with Crippen molar-refractivity contribution < 1.29 is 49.1 Å². The Morgan fingerprint density at radius 1 is 1.08 bits per heavy atom. The minimum absolute atomic E-state index is 0.0652. The Balaban J connectivity index is 1.34. The van der Waals surface area contributed by atoms with Gasteiger partial charge in [-0.05, 0) is 91.4 Å². The quantitative estimate of drug-likeness (QED) is 0.0875. The molecule has 6 aliphatic rings. The Morgan fingerprint density at radius 2 is 1.77 bits per heavy atom. The first-order chi connectivity index (χ1) is 24.8. The van der Waals surface area contributed by atoms with Crippen molar-refractivity contribution in [3.63, 3.8) is 0 Å². The number of pyridine rings is 1. The maximum atomic E-state index is 13.8. The number of rotatable bonds is 13. The smallest absolute Gasteiger partial charge is 0.353 e. The summed E-state index contributed by atoms with van der Waals surface area (Å²) in [5, 5.41) is 42.5. The molecule has 2 heterocycles. The molecule has 0 radical (unpaired) electrons. The van der Waals surface area contributed by atoms with Crippen LogP contribution < -0.4 is 16.4 Å². The number of aliphatic carboxylic acids is 2. The van der Waals surface area contributed by atoms with E-state index in [0.29, 0.717) is 24.0 Å². The molecule has 52 heavy (non-hydrogen) atoms. The van der Waals surface area contributed by atoms with Crippen LogP contribution in [0.5, 0.6) is 0 Å². The number of fused-ring (bicyclic) bond motifs is 2. The number of aliphatic hydroxyl groups excluding tert-OH is 1. The molecule has 8 N–H and O–H groups in total. The zero-order valence-corrected chi connectivity index (χ0v) is 29.8. The predicted octanol–water partition coefficient (Wildman–Crippen LogP) is 2.39. The van der Waals surface area contributed by atoms with Crippen molar-refractivity contribution in [3.05, 3.63) is 53.1 Å². The monoisotopic (exact) mass is 740 g/mol. The fourth-order valence-corrected chi connectivity index (χ4v) is 11.0. The van der Waals surface area contributed by atoms with Crippen molar-refractivity contribution in [1.82, 2.24) is 15.6 Å². The molecule has 282 valence electrons. The highest BCUT2D eigenvalue weighted by atomic mass is 32.2. The number of aliphatic hydroxyl groups is 2. The molecule has 1 spiro atoms. The zero-order chi connectivity index (χ0) is 37.2. The number of nitrogens with zero attached hydrogens (tertiary/aromatic N) is 1. The summed E-state index contributed by atoms with van der Waals surface area (Å²) in [4.78, 5) is 67.1. The number of allylic oxidation sites excluding steroid dienone is 1. The second kappa shape index (κ2) is 15.7. The van der Waals surface area contributed by atoms with Crippen molar-refractivity contribution in [3.8, 4) is 0 Å². The maximum Gasteiger partial charge on any atom is 0.353 e. The Morgan fingerprint density at radius 3 is 2.42 bits per heavy atom. The summed E-state index contributed by atoms with van der Waals surface area (Å²) in [6, 6.07) is 2.61. The molecule has 1 aromatic rings. The lowest BCUT2D eigenvalue weighted by molar-refractivity contribution is -0.159. The molecule has 0 aromatic carbocycles. The van der Waals surface area contributed by atoms with Crippen molar-refractivity contribution >= 4 is 41.5 Å². The van der Waals surface area contributed by atoms with E-state index in [2.05, 4.69) is 16.4 Å². The summed E-state index contributed by atoms with van der Waals surface area (Å²) in [6.45, 7) is 0. The molecule has 1 unspecified atom stereocenters. The lowest BCUT2D eigenvalue weighted by Crippen LogP contribution is -2.54. The largest absolute Gasteiger partial charge is 0.478 e. The topological polar surface area (TPSA) is 238 Å².